The summed E-state index contributed by atoms with van der Waals surface area (Å²) in [6.45, 7) is 0.974. The van der Waals surface area contributed by atoms with Crippen LogP contribution in [0.4, 0.5) is 0 Å². The van der Waals surface area contributed by atoms with E-state index in [4.69, 9.17) is 15.9 Å². The number of carbonyl (C=O) groups excluding carboxylic acids is 3. The average Bonchev–Trinajstić information content (AvgIpc) is 2.66. The number of nitrogens with one attached hydrogen (secondary N) is 3. The maximum atomic E-state index is 12.6. The molecule has 1 aromatic carbocycles. The van der Waals surface area contributed by atoms with E-state index in [1.54, 1.807) is 30.3 Å². The van der Waals surface area contributed by atoms with Gasteiger partial charge in [-0.2, -0.15) is 0 Å². The maximum absolute atomic E-state index is 12.6. The van der Waals surface area contributed by atoms with Crippen molar-refractivity contribution in [3.63, 3.8) is 0 Å². The van der Waals surface area contributed by atoms with Gasteiger partial charge in [-0.3, -0.25) is 19.2 Å². The second-order valence-corrected chi connectivity index (χ2v) is 6.24. The van der Waals surface area contributed by atoms with Crippen LogP contribution >= 0.6 is 0 Å². The van der Waals surface area contributed by atoms with Crippen LogP contribution in [0.5, 0.6) is 0 Å². The molecule has 11 nitrogen and oxygen atoms in total. The Kier molecular flexibility index (Phi) is 9.26. The van der Waals surface area contributed by atoms with Crippen molar-refractivity contribution in [3.05, 3.63) is 35.9 Å². The van der Waals surface area contributed by atoms with Crippen LogP contribution < -0.4 is 21.7 Å². The van der Waals surface area contributed by atoms with Gasteiger partial charge in [0.15, 0.2) is 0 Å². The first-order chi connectivity index (χ1) is 13.6. The summed E-state index contributed by atoms with van der Waals surface area (Å²) in [6.07, 6.45) is -0.672. The molecule has 0 fully saturated rings. The SMILES string of the molecule is C[C@@H](NC(=O)[C@H](Cc1ccccc1)NC(=O)CN)C(=O)N[C@@H](CC(=O)O)C(=O)O. The lowest BCUT2D eigenvalue weighted by Crippen LogP contribution is -2.56. The number of rotatable bonds is 11. The highest BCUT2D eigenvalue weighted by atomic mass is 16.4. The smallest absolute Gasteiger partial charge is 0.326 e. The van der Waals surface area contributed by atoms with E-state index in [0.29, 0.717) is 0 Å². The van der Waals surface area contributed by atoms with Crippen molar-refractivity contribution in [3.8, 4) is 0 Å². The fraction of sp³-hybridized carbons (Fsp3) is 0.389. The van der Waals surface area contributed by atoms with Crippen LogP contribution in [0.15, 0.2) is 30.3 Å². The van der Waals surface area contributed by atoms with Gasteiger partial charge in [0.2, 0.25) is 17.7 Å². The molecule has 0 radical (unpaired) electrons. The van der Waals surface area contributed by atoms with Gasteiger partial charge in [-0.1, -0.05) is 30.3 Å². The van der Waals surface area contributed by atoms with Gasteiger partial charge in [0.25, 0.3) is 0 Å². The second-order valence-electron chi connectivity index (χ2n) is 6.24. The Balaban J connectivity index is 2.80. The molecule has 1 rings (SSSR count). The van der Waals surface area contributed by atoms with E-state index in [1.807, 2.05) is 0 Å². The van der Waals surface area contributed by atoms with Crippen molar-refractivity contribution in [2.75, 3.05) is 6.54 Å². The van der Waals surface area contributed by atoms with Crippen LogP contribution in [0.25, 0.3) is 0 Å². The molecule has 11 heteroatoms. The Bertz CT molecular complexity index is 754. The average molecular weight is 408 g/mol. The van der Waals surface area contributed by atoms with E-state index in [1.165, 1.54) is 6.92 Å². The number of carboxylic acids is 2. The third-order valence-corrected chi connectivity index (χ3v) is 3.87. The van der Waals surface area contributed by atoms with Crippen LogP contribution in [-0.2, 0) is 30.4 Å². The fourth-order valence-corrected chi connectivity index (χ4v) is 2.36. The summed E-state index contributed by atoms with van der Waals surface area (Å²) in [5.74, 6) is -5.04. The van der Waals surface area contributed by atoms with E-state index >= 15 is 0 Å². The molecular weight excluding hydrogens is 384 g/mol. The van der Waals surface area contributed by atoms with Gasteiger partial charge in [-0.05, 0) is 12.5 Å². The molecule has 0 saturated heterocycles. The van der Waals surface area contributed by atoms with Gasteiger partial charge in [-0.15, -0.1) is 0 Å². The van der Waals surface area contributed by atoms with Crippen LogP contribution in [0.3, 0.4) is 0 Å². The first-order valence-electron chi connectivity index (χ1n) is 8.72. The van der Waals surface area contributed by atoms with Crippen LogP contribution in [0.2, 0.25) is 0 Å². The Morgan fingerprint density at radius 3 is 2.07 bits per heavy atom. The molecule has 0 heterocycles. The molecule has 158 valence electrons. The van der Waals surface area contributed by atoms with E-state index < -0.39 is 54.2 Å². The summed E-state index contributed by atoms with van der Waals surface area (Å²) in [5, 5.41) is 24.6. The fourth-order valence-electron chi connectivity index (χ4n) is 2.36. The molecule has 0 aliphatic heterocycles. The number of amides is 3. The standard InChI is InChI=1S/C18H24N4O7/c1-10(16(26)22-13(18(28)29)8-15(24)25)20-17(27)12(21-14(23)9-19)7-11-5-3-2-4-6-11/h2-6,10,12-13H,7-9,19H2,1H3,(H,20,27)(H,21,23)(H,22,26)(H,24,25)(H,28,29)/t10-,12+,13+/m1/s1. The minimum atomic E-state index is -1.64. The molecule has 0 saturated carbocycles. The minimum absolute atomic E-state index is 0.142. The van der Waals surface area contributed by atoms with E-state index in [-0.39, 0.29) is 13.0 Å². The van der Waals surface area contributed by atoms with Crippen LogP contribution in [0, 0.1) is 0 Å². The molecule has 3 amide bonds. The number of hydrogen-bond acceptors (Lipinski definition) is 6. The summed E-state index contributed by atoms with van der Waals surface area (Å²) >= 11 is 0. The number of nitrogens with two attached hydrogens (primary N) is 1. The highest BCUT2D eigenvalue weighted by Gasteiger charge is 2.28. The molecule has 1 aromatic rings. The van der Waals surface area contributed by atoms with E-state index in [2.05, 4.69) is 16.0 Å². The van der Waals surface area contributed by atoms with Crippen molar-refractivity contribution in [1.29, 1.82) is 0 Å². The predicted molar refractivity (Wildman–Crippen MR) is 101 cm³/mol. The highest BCUT2D eigenvalue weighted by molar-refractivity contribution is 5.94. The third kappa shape index (κ3) is 8.39. The lowest BCUT2D eigenvalue weighted by atomic mass is 10.0. The summed E-state index contributed by atoms with van der Waals surface area (Å²) in [5.41, 5.74) is 6.03. The third-order valence-electron chi connectivity index (χ3n) is 3.87. The number of carbonyl (C=O) groups is 5. The number of aliphatic carboxylic acids is 2. The van der Waals surface area contributed by atoms with E-state index in [0.717, 1.165) is 5.56 Å². The molecule has 0 unspecified atom stereocenters. The zero-order valence-electron chi connectivity index (χ0n) is 15.8. The zero-order chi connectivity index (χ0) is 22.0. The molecule has 0 aliphatic carbocycles. The first kappa shape index (κ1) is 23.6. The lowest BCUT2D eigenvalue weighted by Gasteiger charge is -2.22. The predicted octanol–water partition coefficient (Wildman–Crippen LogP) is -1.78. The minimum Gasteiger partial charge on any atom is -0.481 e. The van der Waals surface area contributed by atoms with Crippen LogP contribution in [0.1, 0.15) is 18.9 Å². The summed E-state index contributed by atoms with van der Waals surface area (Å²) < 4.78 is 0. The molecule has 0 bridgehead atoms. The largest absolute Gasteiger partial charge is 0.481 e. The van der Waals surface area contributed by atoms with Crippen molar-refractivity contribution in [2.24, 2.45) is 5.73 Å². The number of carboxylic acid groups (broad SMARTS) is 2. The highest BCUT2D eigenvalue weighted by Crippen LogP contribution is 2.04. The zero-order valence-corrected chi connectivity index (χ0v) is 15.8. The van der Waals surface area contributed by atoms with E-state index in [9.17, 15) is 24.0 Å². The summed E-state index contributed by atoms with van der Waals surface area (Å²) in [4.78, 5) is 58.1. The van der Waals surface area contributed by atoms with Gasteiger partial charge >= 0.3 is 11.9 Å². The lowest BCUT2D eigenvalue weighted by molar-refractivity contribution is -0.147. The van der Waals surface area contributed by atoms with Crippen molar-refractivity contribution >= 4 is 29.7 Å². The quantitative estimate of drug-likeness (QED) is 0.248. The molecule has 0 spiro atoms. The molecule has 3 atom stereocenters. The Hall–Kier alpha value is -3.47. The van der Waals surface area contributed by atoms with Crippen molar-refractivity contribution in [2.45, 2.75) is 37.9 Å². The molecule has 0 aromatic heterocycles. The van der Waals surface area contributed by atoms with Crippen LogP contribution in [-0.4, -0.2) is 64.5 Å². The van der Waals surface area contributed by atoms with Gasteiger partial charge in [0.1, 0.15) is 18.1 Å². The monoisotopic (exact) mass is 408 g/mol. The maximum Gasteiger partial charge on any atom is 0.326 e. The van der Waals surface area contributed by atoms with Gasteiger partial charge in [0, 0.05) is 6.42 Å². The normalized spacial score (nSPS) is 13.4. The molecule has 7 N–H and O–H groups in total. The van der Waals surface area contributed by atoms with Gasteiger partial charge in [0.05, 0.1) is 13.0 Å². The molecule has 29 heavy (non-hydrogen) atoms. The first-order valence-corrected chi connectivity index (χ1v) is 8.72. The van der Waals surface area contributed by atoms with Crippen molar-refractivity contribution in [1.82, 2.24) is 16.0 Å². The van der Waals surface area contributed by atoms with Crippen molar-refractivity contribution < 1.29 is 34.2 Å². The van der Waals surface area contributed by atoms with Gasteiger partial charge < -0.3 is 31.9 Å². The molecular formula is C18H24N4O7. The Labute approximate surface area is 166 Å². The second kappa shape index (κ2) is 11.4. The number of benzene rings is 1. The number of hydrogen-bond donors (Lipinski definition) is 6. The Morgan fingerprint density at radius 2 is 1.55 bits per heavy atom. The summed E-state index contributed by atoms with van der Waals surface area (Å²) in [6, 6.07) is 5.00. The topological polar surface area (TPSA) is 188 Å². The summed E-state index contributed by atoms with van der Waals surface area (Å²) in [7, 11) is 0. The molecule has 0 aliphatic rings. The van der Waals surface area contributed by atoms with Gasteiger partial charge in [-0.25, -0.2) is 4.79 Å². The Morgan fingerprint density at radius 1 is 0.931 bits per heavy atom.